The molecular weight excluding hydrogens is 332 g/mol. The molecule has 0 unspecified atom stereocenters. The number of phenols is 1. The molecule has 1 amide bonds. The standard InChI is InChI=1S/C20H18N2O4/c23-16-7-8-17-13(10-20(25)26-18(17)11-16)12-21-14-3-5-15(6-4-14)22-9-1-2-19(22)24/h3-8,10-11,21,23H,1-2,9,12H2. The van der Waals surface area contributed by atoms with Crippen molar-refractivity contribution in [2.75, 3.05) is 16.8 Å². The summed E-state index contributed by atoms with van der Waals surface area (Å²) in [6.45, 7) is 1.21. The summed E-state index contributed by atoms with van der Waals surface area (Å²) in [6.07, 6.45) is 1.51. The number of benzene rings is 2. The average Bonchev–Trinajstić information content (AvgIpc) is 3.05. The molecule has 4 rings (SSSR count). The van der Waals surface area contributed by atoms with Gasteiger partial charge in [0.05, 0.1) is 0 Å². The van der Waals surface area contributed by atoms with Crippen LogP contribution in [0.5, 0.6) is 5.75 Å². The maximum Gasteiger partial charge on any atom is 0.336 e. The van der Waals surface area contributed by atoms with Crippen molar-refractivity contribution in [1.82, 2.24) is 0 Å². The van der Waals surface area contributed by atoms with E-state index in [1.54, 1.807) is 17.0 Å². The number of hydrogen-bond donors (Lipinski definition) is 2. The molecule has 2 aromatic carbocycles. The fraction of sp³-hybridized carbons (Fsp3) is 0.200. The first-order chi connectivity index (χ1) is 12.6. The number of rotatable bonds is 4. The first kappa shape index (κ1) is 16.2. The van der Waals surface area contributed by atoms with Crippen molar-refractivity contribution in [3.8, 4) is 5.75 Å². The van der Waals surface area contributed by atoms with Crippen LogP contribution < -0.4 is 15.8 Å². The van der Waals surface area contributed by atoms with Gasteiger partial charge in [-0.3, -0.25) is 4.79 Å². The van der Waals surface area contributed by atoms with Crippen LogP contribution in [0.15, 0.2) is 57.7 Å². The molecular formula is C20H18N2O4. The van der Waals surface area contributed by atoms with Gasteiger partial charge in [-0.25, -0.2) is 4.79 Å². The van der Waals surface area contributed by atoms with E-state index in [0.717, 1.165) is 35.3 Å². The third-order valence-corrected chi connectivity index (χ3v) is 4.55. The molecule has 0 saturated carbocycles. The van der Waals surface area contributed by atoms with Crippen LogP contribution in [0.25, 0.3) is 11.0 Å². The summed E-state index contributed by atoms with van der Waals surface area (Å²) in [5.41, 5.74) is 2.48. The average molecular weight is 350 g/mol. The predicted octanol–water partition coefficient (Wildman–Crippen LogP) is 3.24. The number of amides is 1. The van der Waals surface area contributed by atoms with Crippen LogP contribution in [-0.2, 0) is 11.3 Å². The molecule has 2 heterocycles. The fourth-order valence-electron chi connectivity index (χ4n) is 3.24. The van der Waals surface area contributed by atoms with Crippen molar-refractivity contribution in [1.29, 1.82) is 0 Å². The van der Waals surface area contributed by atoms with Crippen LogP contribution in [0.2, 0.25) is 0 Å². The van der Waals surface area contributed by atoms with Gasteiger partial charge in [0.2, 0.25) is 5.91 Å². The highest BCUT2D eigenvalue weighted by molar-refractivity contribution is 5.95. The Morgan fingerprint density at radius 2 is 1.88 bits per heavy atom. The molecule has 1 aliphatic rings. The zero-order valence-corrected chi connectivity index (χ0v) is 14.1. The molecule has 0 aliphatic carbocycles. The Balaban J connectivity index is 1.53. The highest BCUT2D eigenvalue weighted by Crippen LogP contribution is 2.25. The van der Waals surface area contributed by atoms with E-state index in [4.69, 9.17) is 4.42 Å². The fourth-order valence-corrected chi connectivity index (χ4v) is 3.24. The Morgan fingerprint density at radius 3 is 2.62 bits per heavy atom. The summed E-state index contributed by atoms with van der Waals surface area (Å²) in [5.74, 6) is 0.217. The summed E-state index contributed by atoms with van der Waals surface area (Å²) >= 11 is 0. The lowest BCUT2D eigenvalue weighted by molar-refractivity contribution is -0.117. The summed E-state index contributed by atoms with van der Waals surface area (Å²) in [7, 11) is 0. The Morgan fingerprint density at radius 1 is 1.08 bits per heavy atom. The van der Waals surface area contributed by atoms with Crippen LogP contribution >= 0.6 is 0 Å². The predicted molar refractivity (Wildman–Crippen MR) is 99.5 cm³/mol. The van der Waals surface area contributed by atoms with E-state index in [2.05, 4.69) is 5.32 Å². The second-order valence-electron chi connectivity index (χ2n) is 6.32. The SMILES string of the molecule is O=C1CCCN1c1ccc(NCc2cc(=O)oc3cc(O)ccc23)cc1. The van der Waals surface area contributed by atoms with E-state index in [0.29, 0.717) is 18.5 Å². The van der Waals surface area contributed by atoms with Crippen molar-refractivity contribution in [3.63, 3.8) is 0 Å². The molecule has 3 aromatic rings. The zero-order chi connectivity index (χ0) is 18.1. The van der Waals surface area contributed by atoms with E-state index in [1.165, 1.54) is 12.1 Å². The number of hydrogen-bond acceptors (Lipinski definition) is 5. The van der Waals surface area contributed by atoms with Crippen molar-refractivity contribution >= 4 is 28.3 Å². The molecule has 6 heteroatoms. The number of carbonyl (C=O) groups excluding carboxylic acids is 1. The molecule has 1 aromatic heterocycles. The zero-order valence-electron chi connectivity index (χ0n) is 14.1. The van der Waals surface area contributed by atoms with Gasteiger partial charge in [0.25, 0.3) is 0 Å². The van der Waals surface area contributed by atoms with E-state index in [9.17, 15) is 14.7 Å². The number of anilines is 2. The minimum Gasteiger partial charge on any atom is -0.508 e. The molecule has 6 nitrogen and oxygen atoms in total. The summed E-state index contributed by atoms with van der Waals surface area (Å²) < 4.78 is 5.14. The summed E-state index contributed by atoms with van der Waals surface area (Å²) in [5, 5.41) is 13.6. The van der Waals surface area contributed by atoms with Crippen LogP contribution in [0.1, 0.15) is 18.4 Å². The van der Waals surface area contributed by atoms with Crippen molar-refractivity contribution in [3.05, 3.63) is 64.5 Å². The second kappa shape index (κ2) is 6.55. The molecule has 2 N–H and O–H groups in total. The second-order valence-corrected chi connectivity index (χ2v) is 6.32. The molecule has 1 fully saturated rings. The smallest absolute Gasteiger partial charge is 0.336 e. The van der Waals surface area contributed by atoms with Crippen molar-refractivity contribution in [2.24, 2.45) is 0 Å². The van der Waals surface area contributed by atoms with Crippen LogP contribution in [0.4, 0.5) is 11.4 Å². The van der Waals surface area contributed by atoms with E-state index < -0.39 is 5.63 Å². The van der Waals surface area contributed by atoms with Gasteiger partial charge >= 0.3 is 5.63 Å². The molecule has 0 spiro atoms. The molecule has 26 heavy (non-hydrogen) atoms. The highest BCUT2D eigenvalue weighted by atomic mass is 16.4. The quantitative estimate of drug-likeness (QED) is 0.706. The van der Waals surface area contributed by atoms with E-state index in [1.807, 2.05) is 24.3 Å². The number of nitrogens with zero attached hydrogens (tertiary/aromatic N) is 1. The number of carbonyl (C=O) groups is 1. The third-order valence-electron chi connectivity index (χ3n) is 4.55. The van der Waals surface area contributed by atoms with Crippen LogP contribution in [-0.4, -0.2) is 17.6 Å². The minimum atomic E-state index is -0.456. The Bertz CT molecular complexity index is 1020. The molecule has 1 saturated heterocycles. The maximum atomic E-state index is 11.8. The highest BCUT2D eigenvalue weighted by Gasteiger charge is 2.21. The van der Waals surface area contributed by atoms with Crippen molar-refractivity contribution < 1.29 is 14.3 Å². The van der Waals surface area contributed by atoms with E-state index in [-0.39, 0.29) is 11.7 Å². The molecule has 0 atom stereocenters. The lowest BCUT2D eigenvalue weighted by Crippen LogP contribution is -2.23. The Hall–Kier alpha value is -3.28. The van der Waals surface area contributed by atoms with E-state index >= 15 is 0 Å². The minimum absolute atomic E-state index is 0.0535. The number of aromatic hydroxyl groups is 1. The van der Waals surface area contributed by atoms with Gasteiger partial charge in [0.1, 0.15) is 11.3 Å². The normalized spacial score (nSPS) is 14.2. The summed E-state index contributed by atoms with van der Waals surface area (Å²) in [4.78, 5) is 25.3. The van der Waals surface area contributed by atoms with Gasteiger partial charge in [0.15, 0.2) is 0 Å². The topological polar surface area (TPSA) is 82.8 Å². The molecule has 0 radical (unpaired) electrons. The largest absolute Gasteiger partial charge is 0.508 e. The number of nitrogens with one attached hydrogen (secondary N) is 1. The van der Waals surface area contributed by atoms with Gasteiger partial charge < -0.3 is 19.7 Å². The lowest BCUT2D eigenvalue weighted by Gasteiger charge is -2.16. The van der Waals surface area contributed by atoms with Crippen LogP contribution in [0, 0.1) is 0 Å². The summed E-state index contributed by atoms with van der Waals surface area (Å²) in [6, 6.07) is 13.8. The number of fused-ring (bicyclic) bond motifs is 1. The van der Waals surface area contributed by atoms with Gasteiger partial charge in [-0.1, -0.05) is 0 Å². The number of phenolic OH excluding ortho intramolecular Hbond substituents is 1. The first-order valence-electron chi connectivity index (χ1n) is 8.50. The van der Waals surface area contributed by atoms with Gasteiger partial charge in [-0.05, 0) is 48.4 Å². The molecule has 1 aliphatic heterocycles. The first-order valence-corrected chi connectivity index (χ1v) is 8.50. The van der Waals surface area contributed by atoms with Gasteiger partial charge in [0, 0.05) is 48.4 Å². The molecule has 132 valence electrons. The van der Waals surface area contributed by atoms with Crippen LogP contribution in [0.3, 0.4) is 0 Å². The van der Waals surface area contributed by atoms with Gasteiger partial charge in [-0.15, -0.1) is 0 Å². The monoisotopic (exact) mass is 350 g/mol. The third kappa shape index (κ3) is 3.13. The molecule has 0 bridgehead atoms. The van der Waals surface area contributed by atoms with Gasteiger partial charge in [-0.2, -0.15) is 0 Å². The maximum absolute atomic E-state index is 11.8. The van der Waals surface area contributed by atoms with Crippen molar-refractivity contribution in [2.45, 2.75) is 19.4 Å². The Labute approximate surface area is 149 Å². The Kier molecular flexibility index (Phi) is 4.08. The lowest BCUT2D eigenvalue weighted by atomic mass is 10.1.